The van der Waals surface area contributed by atoms with Crippen molar-refractivity contribution in [2.45, 2.75) is 26.2 Å². The van der Waals surface area contributed by atoms with Crippen molar-refractivity contribution in [2.75, 3.05) is 5.73 Å². The van der Waals surface area contributed by atoms with E-state index in [4.69, 9.17) is 5.73 Å². The molecule has 0 aliphatic heterocycles. The van der Waals surface area contributed by atoms with E-state index in [2.05, 4.69) is 31.0 Å². The number of halogens is 1. The van der Waals surface area contributed by atoms with Crippen LogP contribution in [-0.2, 0) is 5.41 Å². The fraction of sp³-hybridized carbons (Fsp3) is 0.571. The van der Waals surface area contributed by atoms with Crippen molar-refractivity contribution in [1.82, 2.24) is 10.2 Å². The summed E-state index contributed by atoms with van der Waals surface area (Å²) in [4.78, 5) is 0. The molecule has 1 aromatic rings. The lowest BCUT2D eigenvalue weighted by atomic mass is 9.92. The van der Waals surface area contributed by atoms with Gasteiger partial charge in [-0.15, -0.1) is 12.4 Å². The second-order valence-corrected chi connectivity index (χ2v) is 3.46. The van der Waals surface area contributed by atoms with E-state index in [9.17, 15) is 0 Å². The van der Waals surface area contributed by atoms with Crippen molar-refractivity contribution in [3.63, 3.8) is 0 Å². The predicted molar refractivity (Wildman–Crippen MR) is 48.9 cm³/mol. The third-order valence-electron chi connectivity index (χ3n) is 1.41. The molecule has 0 saturated heterocycles. The number of aromatic amines is 1. The van der Waals surface area contributed by atoms with Crippen molar-refractivity contribution in [3.05, 3.63) is 11.8 Å². The molecule has 11 heavy (non-hydrogen) atoms. The third-order valence-corrected chi connectivity index (χ3v) is 1.41. The van der Waals surface area contributed by atoms with Crippen LogP contribution in [-0.4, -0.2) is 10.2 Å². The molecular weight excluding hydrogens is 162 g/mol. The van der Waals surface area contributed by atoms with Crippen LogP contribution >= 0.6 is 12.4 Å². The SMILES string of the molecule is CC(C)(C)c1cc(N)n[nH]1.Cl. The minimum atomic E-state index is 0. The van der Waals surface area contributed by atoms with E-state index in [-0.39, 0.29) is 17.8 Å². The van der Waals surface area contributed by atoms with Crippen LogP contribution in [0.2, 0.25) is 0 Å². The van der Waals surface area contributed by atoms with Gasteiger partial charge in [-0.1, -0.05) is 20.8 Å². The Morgan fingerprint density at radius 1 is 1.45 bits per heavy atom. The molecule has 0 bridgehead atoms. The molecule has 1 rings (SSSR count). The standard InChI is InChI=1S/C7H13N3.ClH/c1-7(2,3)5-4-6(8)10-9-5;/h4H,1-3H3,(H3,8,9,10);1H. The van der Waals surface area contributed by atoms with Crippen LogP contribution in [0.25, 0.3) is 0 Å². The number of aromatic nitrogens is 2. The first-order valence-electron chi connectivity index (χ1n) is 3.31. The number of hydrogen-bond acceptors (Lipinski definition) is 2. The molecule has 0 unspecified atom stereocenters. The third kappa shape index (κ3) is 2.42. The Balaban J connectivity index is 0.000001000. The molecule has 0 radical (unpaired) electrons. The number of rotatable bonds is 0. The highest BCUT2D eigenvalue weighted by Gasteiger charge is 2.15. The van der Waals surface area contributed by atoms with E-state index in [1.54, 1.807) is 0 Å². The van der Waals surface area contributed by atoms with Crippen LogP contribution in [0.5, 0.6) is 0 Å². The van der Waals surface area contributed by atoms with Crippen LogP contribution in [0.3, 0.4) is 0 Å². The van der Waals surface area contributed by atoms with Crippen molar-refractivity contribution >= 4 is 18.2 Å². The van der Waals surface area contributed by atoms with Gasteiger partial charge >= 0.3 is 0 Å². The molecule has 0 amide bonds. The number of nitrogen functional groups attached to an aromatic ring is 1. The normalized spacial score (nSPS) is 10.8. The molecular formula is C7H14ClN3. The van der Waals surface area contributed by atoms with E-state index in [1.165, 1.54) is 0 Å². The summed E-state index contributed by atoms with van der Waals surface area (Å²) in [6, 6.07) is 1.86. The van der Waals surface area contributed by atoms with E-state index >= 15 is 0 Å². The van der Waals surface area contributed by atoms with Gasteiger partial charge < -0.3 is 5.73 Å². The van der Waals surface area contributed by atoms with Crippen molar-refractivity contribution in [3.8, 4) is 0 Å². The van der Waals surface area contributed by atoms with Gasteiger partial charge in [-0.3, -0.25) is 5.10 Å². The summed E-state index contributed by atoms with van der Waals surface area (Å²) >= 11 is 0. The maximum absolute atomic E-state index is 5.43. The van der Waals surface area contributed by atoms with Crippen LogP contribution < -0.4 is 5.73 Å². The van der Waals surface area contributed by atoms with Crippen LogP contribution in [0.1, 0.15) is 26.5 Å². The minimum absolute atomic E-state index is 0. The van der Waals surface area contributed by atoms with Gasteiger partial charge in [0.1, 0.15) is 5.82 Å². The number of nitrogens with two attached hydrogens (primary N) is 1. The van der Waals surface area contributed by atoms with E-state index in [0.29, 0.717) is 5.82 Å². The summed E-state index contributed by atoms with van der Waals surface area (Å²) in [5.41, 5.74) is 6.62. The highest BCUT2D eigenvalue weighted by atomic mass is 35.5. The maximum atomic E-state index is 5.43. The zero-order valence-corrected chi connectivity index (χ0v) is 7.83. The van der Waals surface area contributed by atoms with Gasteiger partial charge in [0.15, 0.2) is 0 Å². The van der Waals surface area contributed by atoms with Crippen molar-refractivity contribution in [2.24, 2.45) is 0 Å². The Bertz CT molecular complexity index is 224. The summed E-state index contributed by atoms with van der Waals surface area (Å²) in [6.07, 6.45) is 0. The van der Waals surface area contributed by atoms with Crippen LogP contribution in [0.4, 0.5) is 5.82 Å². The molecule has 4 heteroatoms. The van der Waals surface area contributed by atoms with Crippen LogP contribution in [0, 0.1) is 0 Å². The second kappa shape index (κ2) is 3.13. The Kier molecular flexibility index (Phi) is 2.93. The Hall–Kier alpha value is -0.700. The number of anilines is 1. The van der Waals surface area contributed by atoms with Gasteiger partial charge in [-0.25, -0.2) is 0 Å². The lowest BCUT2D eigenvalue weighted by Crippen LogP contribution is -2.11. The smallest absolute Gasteiger partial charge is 0.145 e. The predicted octanol–water partition coefficient (Wildman–Crippen LogP) is 1.71. The number of H-pyrrole nitrogens is 1. The Morgan fingerprint density at radius 3 is 2.18 bits per heavy atom. The van der Waals surface area contributed by atoms with Gasteiger partial charge in [-0.05, 0) is 0 Å². The van der Waals surface area contributed by atoms with E-state index in [0.717, 1.165) is 5.69 Å². The molecule has 0 fully saturated rings. The first kappa shape index (κ1) is 10.3. The van der Waals surface area contributed by atoms with Gasteiger partial charge in [0, 0.05) is 17.2 Å². The van der Waals surface area contributed by atoms with Crippen molar-refractivity contribution in [1.29, 1.82) is 0 Å². The molecule has 0 aromatic carbocycles. The lowest BCUT2D eigenvalue weighted by molar-refractivity contribution is 0.567. The molecule has 0 aliphatic carbocycles. The highest BCUT2D eigenvalue weighted by molar-refractivity contribution is 5.85. The molecule has 1 aromatic heterocycles. The fourth-order valence-corrected chi connectivity index (χ4v) is 0.721. The topological polar surface area (TPSA) is 54.7 Å². The minimum Gasteiger partial charge on any atom is -0.382 e. The molecule has 64 valence electrons. The zero-order chi connectivity index (χ0) is 7.78. The summed E-state index contributed by atoms with van der Waals surface area (Å²) in [7, 11) is 0. The van der Waals surface area contributed by atoms with E-state index in [1.807, 2.05) is 6.07 Å². The molecule has 0 aliphatic rings. The summed E-state index contributed by atoms with van der Waals surface area (Å²) in [5, 5.41) is 6.71. The second-order valence-electron chi connectivity index (χ2n) is 3.46. The largest absolute Gasteiger partial charge is 0.382 e. The molecule has 0 spiro atoms. The summed E-state index contributed by atoms with van der Waals surface area (Å²) < 4.78 is 0. The number of nitrogens with one attached hydrogen (secondary N) is 1. The fourth-order valence-electron chi connectivity index (χ4n) is 0.721. The lowest BCUT2D eigenvalue weighted by Gasteiger charge is -2.14. The van der Waals surface area contributed by atoms with Gasteiger partial charge in [0.2, 0.25) is 0 Å². The highest BCUT2D eigenvalue weighted by Crippen LogP contribution is 2.20. The first-order valence-corrected chi connectivity index (χ1v) is 3.31. The Morgan fingerprint density at radius 2 is 2.00 bits per heavy atom. The van der Waals surface area contributed by atoms with Gasteiger partial charge in [0.25, 0.3) is 0 Å². The Labute approximate surface area is 72.8 Å². The number of hydrogen-bond donors (Lipinski definition) is 2. The average molecular weight is 176 g/mol. The monoisotopic (exact) mass is 175 g/mol. The summed E-state index contributed by atoms with van der Waals surface area (Å²) in [5.74, 6) is 0.560. The molecule has 1 heterocycles. The molecule has 3 nitrogen and oxygen atoms in total. The summed E-state index contributed by atoms with van der Waals surface area (Å²) in [6.45, 7) is 6.33. The molecule has 0 saturated carbocycles. The average Bonchev–Trinajstić information content (AvgIpc) is 2.11. The molecule has 3 N–H and O–H groups in total. The van der Waals surface area contributed by atoms with Gasteiger partial charge in [0.05, 0.1) is 0 Å². The number of nitrogens with zero attached hydrogens (tertiary/aromatic N) is 1. The first-order chi connectivity index (χ1) is 4.50. The zero-order valence-electron chi connectivity index (χ0n) is 7.01. The maximum Gasteiger partial charge on any atom is 0.145 e. The quantitative estimate of drug-likeness (QED) is 0.631. The van der Waals surface area contributed by atoms with Gasteiger partial charge in [-0.2, -0.15) is 5.10 Å². The van der Waals surface area contributed by atoms with Crippen LogP contribution in [0.15, 0.2) is 6.07 Å². The molecule has 0 atom stereocenters. The van der Waals surface area contributed by atoms with Crippen molar-refractivity contribution < 1.29 is 0 Å². The van der Waals surface area contributed by atoms with E-state index < -0.39 is 0 Å².